The van der Waals surface area contributed by atoms with Crippen LogP contribution < -0.4 is 5.73 Å². The van der Waals surface area contributed by atoms with E-state index in [0.29, 0.717) is 11.8 Å². The van der Waals surface area contributed by atoms with Gasteiger partial charge in [0, 0.05) is 6.42 Å². The summed E-state index contributed by atoms with van der Waals surface area (Å²) in [5.74, 6) is 2.22. The van der Waals surface area contributed by atoms with Crippen molar-refractivity contribution in [3.63, 3.8) is 0 Å². The van der Waals surface area contributed by atoms with Gasteiger partial charge in [0.25, 0.3) is 0 Å². The minimum absolute atomic E-state index is 0.508. The molecule has 1 atom stereocenters. The number of imidazole rings is 1. The standard InChI is InChI=1S/C14H20BrN3S/c1-9(2)5-10(7-16)6-14-17-8-11(18-14)12-3-4-13(15)19-12/h3-4,8-10H,5-7,16H2,1-2H3,(H,17,18). The molecular formula is C14H20BrN3S. The van der Waals surface area contributed by atoms with E-state index in [1.807, 2.05) is 6.20 Å². The van der Waals surface area contributed by atoms with E-state index in [1.165, 1.54) is 4.88 Å². The number of halogens is 1. The highest BCUT2D eigenvalue weighted by Crippen LogP contribution is 2.30. The van der Waals surface area contributed by atoms with E-state index < -0.39 is 0 Å². The van der Waals surface area contributed by atoms with Crippen LogP contribution in [0.2, 0.25) is 0 Å². The molecule has 0 radical (unpaired) electrons. The molecule has 0 saturated carbocycles. The Balaban J connectivity index is 2.04. The molecule has 2 aromatic rings. The zero-order valence-electron chi connectivity index (χ0n) is 11.3. The van der Waals surface area contributed by atoms with Gasteiger partial charge in [0.1, 0.15) is 5.82 Å². The van der Waals surface area contributed by atoms with Crippen LogP contribution in [0.1, 0.15) is 26.1 Å². The number of hydrogen-bond donors (Lipinski definition) is 2. The van der Waals surface area contributed by atoms with Crippen LogP contribution in [0, 0.1) is 11.8 Å². The number of rotatable bonds is 6. The molecule has 0 aromatic carbocycles. The van der Waals surface area contributed by atoms with Crippen molar-refractivity contribution in [3.8, 4) is 10.6 Å². The van der Waals surface area contributed by atoms with Gasteiger partial charge >= 0.3 is 0 Å². The van der Waals surface area contributed by atoms with Gasteiger partial charge in [-0.05, 0) is 52.9 Å². The van der Waals surface area contributed by atoms with E-state index in [2.05, 4.69) is 51.9 Å². The molecule has 3 nitrogen and oxygen atoms in total. The van der Waals surface area contributed by atoms with Gasteiger partial charge in [0.2, 0.25) is 0 Å². The summed E-state index contributed by atoms with van der Waals surface area (Å²) in [5.41, 5.74) is 6.93. The van der Waals surface area contributed by atoms with Crippen molar-refractivity contribution >= 4 is 27.3 Å². The predicted molar refractivity (Wildman–Crippen MR) is 85.3 cm³/mol. The van der Waals surface area contributed by atoms with Gasteiger partial charge in [-0.1, -0.05) is 13.8 Å². The van der Waals surface area contributed by atoms with Crippen molar-refractivity contribution in [2.24, 2.45) is 17.6 Å². The minimum atomic E-state index is 0.508. The zero-order chi connectivity index (χ0) is 13.8. The van der Waals surface area contributed by atoms with Crippen LogP contribution in [0.3, 0.4) is 0 Å². The number of nitrogens with two attached hydrogens (primary N) is 1. The van der Waals surface area contributed by atoms with Gasteiger partial charge < -0.3 is 10.7 Å². The summed E-state index contributed by atoms with van der Waals surface area (Å²) in [6.45, 7) is 5.19. The van der Waals surface area contributed by atoms with Crippen molar-refractivity contribution < 1.29 is 0 Å². The van der Waals surface area contributed by atoms with Crippen molar-refractivity contribution in [1.29, 1.82) is 0 Å². The van der Waals surface area contributed by atoms with E-state index in [0.717, 1.165) is 34.7 Å². The Bertz CT molecular complexity index is 518. The highest BCUT2D eigenvalue weighted by atomic mass is 79.9. The predicted octanol–water partition coefficient (Wildman–Crippen LogP) is 4.06. The summed E-state index contributed by atoms with van der Waals surface area (Å²) in [6, 6.07) is 4.16. The molecule has 0 fully saturated rings. The number of nitrogens with one attached hydrogen (secondary N) is 1. The molecule has 19 heavy (non-hydrogen) atoms. The summed E-state index contributed by atoms with van der Waals surface area (Å²) in [6.07, 6.45) is 3.99. The number of aromatic nitrogens is 2. The second-order valence-electron chi connectivity index (χ2n) is 5.28. The van der Waals surface area contributed by atoms with Crippen LogP contribution >= 0.6 is 27.3 Å². The van der Waals surface area contributed by atoms with E-state index in [1.54, 1.807) is 11.3 Å². The number of aromatic amines is 1. The molecular weight excluding hydrogens is 322 g/mol. The lowest BCUT2D eigenvalue weighted by Crippen LogP contribution is -2.19. The molecule has 0 bridgehead atoms. The Morgan fingerprint density at radius 1 is 1.42 bits per heavy atom. The second kappa shape index (κ2) is 6.68. The third-order valence-electron chi connectivity index (χ3n) is 3.09. The Morgan fingerprint density at radius 3 is 2.79 bits per heavy atom. The second-order valence-corrected chi connectivity index (χ2v) is 7.75. The highest BCUT2D eigenvalue weighted by Gasteiger charge is 2.13. The van der Waals surface area contributed by atoms with Gasteiger partial charge in [-0.3, -0.25) is 0 Å². The van der Waals surface area contributed by atoms with Gasteiger partial charge in [-0.2, -0.15) is 0 Å². The van der Waals surface area contributed by atoms with E-state index >= 15 is 0 Å². The van der Waals surface area contributed by atoms with Gasteiger partial charge in [0.05, 0.1) is 20.6 Å². The maximum atomic E-state index is 5.84. The normalized spacial score (nSPS) is 13.1. The summed E-state index contributed by atoms with van der Waals surface area (Å²) >= 11 is 5.19. The lowest BCUT2D eigenvalue weighted by atomic mass is 9.94. The first-order valence-corrected chi connectivity index (χ1v) is 8.19. The van der Waals surface area contributed by atoms with Gasteiger partial charge in [-0.25, -0.2) is 4.98 Å². The highest BCUT2D eigenvalue weighted by molar-refractivity contribution is 9.11. The SMILES string of the molecule is CC(C)CC(CN)Cc1ncc(-c2ccc(Br)s2)[nH]1. The molecule has 2 aromatic heterocycles. The van der Waals surface area contributed by atoms with Crippen molar-refractivity contribution in [2.45, 2.75) is 26.7 Å². The lowest BCUT2D eigenvalue weighted by Gasteiger charge is -2.15. The summed E-state index contributed by atoms with van der Waals surface area (Å²) in [7, 11) is 0. The lowest BCUT2D eigenvalue weighted by molar-refractivity contribution is 0.409. The van der Waals surface area contributed by atoms with Crippen LogP contribution in [-0.2, 0) is 6.42 Å². The first-order valence-electron chi connectivity index (χ1n) is 6.58. The molecule has 0 amide bonds. The Labute approximate surface area is 126 Å². The summed E-state index contributed by atoms with van der Waals surface area (Å²) in [4.78, 5) is 9.09. The fourth-order valence-corrected chi connectivity index (χ4v) is 3.60. The molecule has 1 unspecified atom stereocenters. The van der Waals surface area contributed by atoms with Crippen molar-refractivity contribution in [3.05, 3.63) is 27.9 Å². The molecule has 3 N–H and O–H groups in total. The smallest absolute Gasteiger partial charge is 0.106 e. The molecule has 0 aliphatic carbocycles. The Kier molecular flexibility index (Phi) is 5.19. The fraction of sp³-hybridized carbons (Fsp3) is 0.500. The molecule has 0 aliphatic heterocycles. The first-order chi connectivity index (χ1) is 9.08. The average molecular weight is 342 g/mol. The average Bonchev–Trinajstić information content (AvgIpc) is 2.96. The van der Waals surface area contributed by atoms with Crippen LogP contribution in [0.4, 0.5) is 0 Å². The summed E-state index contributed by atoms with van der Waals surface area (Å²) in [5, 5.41) is 0. The molecule has 0 aliphatic rings. The number of H-pyrrole nitrogens is 1. The quantitative estimate of drug-likeness (QED) is 0.832. The number of nitrogens with zero attached hydrogens (tertiary/aromatic N) is 1. The molecule has 2 rings (SSSR count). The zero-order valence-corrected chi connectivity index (χ0v) is 13.7. The van der Waals surface area contributed by atoms with Crippen LogP contribution in [0.25, 0.3) is 10.6 Å². The largest absolute Gasteiger partial charge is 0.341 e. The van der Waals surface area contributed by atoms with E-state index in [4.69, 9.17) is 5.73 Å². The molecule has 2 heterocycles. The maximum Gasteiger partial charge on any atom is 0.106 e. The number of thiophene rings is 1. The van der Waals surface area contributed by atoms with E-state index in [-0.39, 0.29) is 0 Å². The maximum absolute atomic E-state index is 5.84. The molecule has 0 spiro atoms. The minimum Gasteiger partial charge on any atom is -0.341 e. The monoisotopic (exact) mass is 341 g/mol. The van der Waals surface area contributed by atoms with Gasteiger partial charge in [-0.15, -0.1) is 11.3 Å². The van der Waals surface area contributed by atoms with Crippen LogP contribution in [0.5, 0.6) is 0 Å². The van der Waals surface area contributed by atoms with Crippen LogP contribution in [0.15, 0.2) is 22.1 Å². The third-order valence-corrected chi connectivity index (χ3v) is 4.74. The first kappa shape index (κ1) is 14.8. The molecule has 0 saturated heterocycles. The topological polar surface area (TPSA) is 54.7 Å². The van der Waals surface area contributed by atoms with Crippen LogP contribution in [-0.4, -0.2) is 16.5 Å². The van der Waals surface area contributed by atoms with Gasteiger partial charge in [0.15, 0.2) is 0 Å². The van der Waals surface area contributed by atoms with E-state index in [9.17, 15) is 0 Å². The molecule has 5 heteroatoms. The number of hydrogen-bond acceptors (Lipinski definition) is 3. The molecule has 104 valence electrons. The third kappa shape index (κ3) is 4.16. The van der Waals surface area contributed by atoms with Crippen molar-refractivity contribution in [2.75, 3.05) is 6.54 Å². The fourth-order valence-electron chi connectivity index (χ4n) is 2.25. The Morgan fingerprint density at radius 2 is 2.21 bits per heavy atom. The summed E-state index contributed by atoms with van der Waals surface area (Å²) < 4.78 is 1.14. The Hall–Kier alpha value is -0.650. The van der Waals surface area contributed by atoms with Crippen molar-refractivity contribution in [1.82, 2.24) is 9.97 Å².